The Morgan fingerprint density at radius 1 is 1.03 bits per heavy atom. The van der Waals surface area contributed by atoms with E-state index >= 15 is 0 Å². The third kappa shape index (κ3) is 4.64. The van der Waals surface area contributed by atoms with Crippen LogP contribution < -0.4 is 9.62 Å². The highest BCUT2D eigenvalue weighted by molar-refractivity contribution is 7.92. The largest absolute Gasteiger partial charge is 0.375 e. The van der Waals surface area contributed by atoms with E-state index in [1.165, 1.54) is 41.3 Å². The molecule has 170 valence electrons. The SMILES string of the molecule is CS(=O)(=O)Nc1ccc(C(=O)C[C@]2(O)C(=O)N(Cc3ccc(F)cc3)c3ccccc32)cc1. The van der Waals surface area contributed by atoms with Gasteiger partial charge in [0, 0.05) is 16.8 Å². The van der Waals surface area contributed by atoms with Gasteiger partial charge in [-0.3, -0.25) is 14.3 Å². The number of aliphatic hydroxyl groups is 1. The van der Waals surface area contributed by atoms with Gasteiger partial charge in [0.1, 0.15) is 5.82 Å². The standard InChI is InChI=1S/C24H21FN2O5S/c1-33(31,32)26-19-12-8-17(9-13-19)22(28)14-24(30)20-4-2-3-5-21(20)27(23(24)29)15-16-6-10-18(25)11-7-16/h2-13,26,30H,14-15H2,1H3/t24-/m1/s1. The molecule has 1 aliphatic heterocycles. The number of Topliss-reactive ketones (excluding diaryl/α,β-unsaturated/α-hetero) is 1. The van der Waals surface area contributed by atoms with Crippen molar-refractivity contribution in [3.05, 3.63) is 95.3 Å². The van der Waals surface area contributed by atoms with Gasteiger partial charge in [-0.15, -0.1) is 0 Å². The average molecular weight is 469 g/mol. The fraction of sp³-hybridized carbons (Fsp3) is 0.167. The number of ketones is 1. The Morgan fingerprint density at radius 3 is 2.30 bits per heavy atom. The van der Waals surface area contributed by atoms with E-state index < -0.39 is 39.6 Å². The lowest BCUT2D eigenvalue weighted by molar-refractivity contribution is -0.136. The highest BCUT2D eigenvalue weighted by atomic mass is 32.2. The third-order valence-corrected chi connectivity index (χ3v) is 6.03. The summed E-state index contributed by atoms with van der Waals surface area (Å²) in [6, 6.07) is 18.1. The maximum Gasteiger partial charge on any atom is 0.264 e. The Balaban J connectivity index is 1.59. The Labute approximate surface area is 190 Å². The van der Waals surface area contributed by atoms with Gasteiger partial charge in [0.05, 0.1) is 24.9 Å². The van der Waals surface area contributed by atoms with Gasteiger partial charge >= 0.3 is 0 Å². The molecule has 4 rings (SSSR count). The van der Waals surface area contributed by atoms with Crippen molar-refractivity contribution >= 4 is 33.1 Å². The number of hydrogen-bond donors (Lipinski definition) is 2. The molecule has 9 heteroatoms. The molecular formula is C24H21FN2O5S. The van der Waals surface area contributed by atoms with Crippen molar-refractivity contribution in [2.45, 2.75) is 18.6 Å². The molecule has 3 aromatic carbocycles. The summed E-state index contributed by atoms with van der Waals surface area (Å²) >= 11 is 0. The van der Waals surface area contributed by atoms with Crippen molar-refractivity contribution in [2.75, 3.05) is 15.9 Å². The third-order valence-electron chi connectivity index (χ3n) is 5.42. The first kappa shape index (κ1) is 22.6. The van der Waals surface area contributed by atoms with Crippen LogP contribution in [0.2, 0.25) is 0 Å². The zero-order valence-electron chi connectivity index (χ0n) is 17.7. The van der Waals surface area contributed by atoms with Crippen LogP contribution in [-0.2, 0) is 27.0 Å². The summed E-state index contributed by atoms with van der Waals surface area (Å²) in [6.07, 6.45) is 0.532. The number of para-hydroxylation sites is 1. The number of sulfonamides is 1. The number of nitrogens with zero attached hydrogens (tertiary/aromatic N) is 1. The van der Waals surface area contributed by atoms with Crippen molar-refractivity contribution < 1.29 is 27.5 Å². The van der Waals surface area contributed by atoms with Gasteiger partial charge in [-0.25, -0.2) is 12.8 Å². The highest BCUT2D eigenvalue weighted by Gasteiger charge is 2.50. The van der Waals surface area contributed by atoms with Crippen molar-refractivity contribution in [3.63, 3.8) is 0 Å². The van der Waals surface area contributed by atoms with E-state index in [4.69, 9.17) is 0 Å². The Hall–Kier alpha value is -3.56. The van der Waals surface area contributed by atoms with E-state index in [1.807, 2.05) is 0 Å². The van der Waals surface area contributed by atoms with Crippen molar-refractivity contribution in [2.24, 2.45) is 0 Å². The number of carbonyl (C=O) groups is 2. The summed E-state index contributed by atoms with van der Waals surface area (Å²) in [6.45, 7) is 0.110. The van der Waals surface area contributed by atoms with Gasteiger partial charge in [-0.05, 0) is 48.0 Å². The van der Waals surface area contributed by atoms with Crippen LogP contribution in [0.4, 0.5) is 15.8 Å². The smallest absolute Gasteiger partial charge is 0.264 e. The second kappa shape index (κ2) is 8.42. The molecule has 0 unspecified atom stereocenters. The zero-order chi connectivity index (χ0) is 23.8. The van der Waals surface area contributed by atoms with Crippen LogP contribution in [0.25, 0.3) is 0 Å². The molecule has 1 atom stereocenters. The molecule has 3 aromatic rings. The molecule has 0 radical (unpaired) electrons. The van der Waals surface area contributed by atoms with Crippen molar-refractivity contribution in [1.29, 1.82) is 0 Å². The number of halogens is 1. The Bertz CT molecular complexity index is 1320. The summed E-state index contributed by atoms with van der Waals surface area (Å²) in [5.41, 5.74) is -0.0674. The predicted octanol–water partition coefficient (Wildman–Crippen LogP) is 3.20. The average Bonchev–Trinajstić information content (AvgIpc) is 2.96. The first-order valence-electron chi connectivity index (χ1n) is 10.1. The molecular weight excluding hydrogens is 447 g/mol. The number of anilines is 2. The lowest BCUT2D eigenvalue weighted by Gasteiger charge is -2.23. The second-order valence-electron chi connectivity index (χ2n) is 7.95. The molecule has 33 heavy (non-hydrogen) atoms. The van der Waals surface area contributed by atoms with Crippen molar-refractivity contribution in [1.82, 2.24) is 0 Å². The van der Waals surface area contributed by atoms with E-state index in [1.54, 1.807) is 36.4 Å². The van der Waals surface area contributed by atoms with E-state index in [2.05, 4.69) is 4.72 Å². The fourth-order valence-corrected chi connectivity index (χ4v) is 4.44. The van der Waals surface area contributed by atoms with Crippen LogP contribution in [0.3, 0.4) is 0 Å². The molecule has 1 heterocycles. The quantitative estimate of drug-likeness (QED) is 0.519. The van der Waals surface area contributed by atoms with Crippen LogP contribution in [0.1, 0.15) is 27.9 Å². The van der Waals surface area contributed by atoms with Crippen LogP contribution in [-0.4, -0.2) is 31.5 Å². The molecule has 7 nitrogen and oxygen atoms in total. The molecule has 2 N–H and O–H groups in total. The van der Waals surface area contributed by atoms with Crippen LogP contribution in [0.15, 0.2) is 72.8 Å². The number of carbonyl (C=O) groups excluding carboxylic acids is 2. The first-order chi connectivity index (χ1) is 15.6. The highest BCUT2D eigenvalue weighted by Crippen LogP contribution is 2.43. The number of fused-ring (bicyclic) bond motifs is 1. The molecule has 0 aromatic heterocycles. The monoisotopic (exact) mass is 468 g/mol. The Kier molecular flexibility index (Phi) is 5.77. The van der Waals surface area contributed by atoms with Crippen molar-refractivity contribution in [3.8, 4) is 0 Å². The maximum atomic E-state index is 13.3. The van der Waals surface area contributed by atoms with E-state index in [9.17, 15) is 27.5 Å². The van der Waals surface area contributed by atoms with Gasteiger partial charge in [-0.2, -0.15) is 0 Å². The molecule has 0 saturated carbocycles. The molecule has 0 saturated heterocycles. The summed E-state index contributed by atoms with van der Waals surface area (Å²) in [4.78, 5) is 27.6. The molecule has 0 aliphatic carbocycles. The number of hydrogen-bond acceptors (Lipinski definition) is 5. The fourth-order valence-electron chi connectivity index (χ4n) is 3.88. The first-order valence-corrected chi connectivity index (χ1v) is 12.0. The topological polar surface area (TPSA) is 104 Å². The normalized spacial score (nSPS) is 17.7. The molecule has 1 amide bonds. The molecule has 0 bridgehead atoms. The maximum absolute atomic E-state index is 13.3. The summed E-state index contributed by atoms with van der Waals surface area (Å²) < 4.78 is 38.3. The Morgan fingerprint density at radius 2 is 1.67 bits per heavy atom. The van der Waals surface area contributed by atoms with E-state index in [-0.39, 0.29) is 12.1 Å². The lowest BCUT2D eigenvalue weighted by atomic mass is 9.88. The second-order valence-corrected chi connectivity index (χ2v) is 9.70. The van der Waals surface area contributed by atoms with Gasteiger partial charge < -0.3 is 10.0 Å². The minimum Gasteiger partial charge on any atom is -0.375 e. The van der Waals surface area contributed by atoms with Gasteiger partial charge in [0.15, 0.2) is 11.4 Å². The van der Waals surface area contributed by atoms with Crippen LogP contribution in [0.5, 0.6) is 0 Å². The van der Waals surface area contributed by atoms with E-state index in [0.29, 0.717) is 22.5 Å². The van der Waals surface area contributed by atoms with Gasteiger partial charge in [0.2, 0.25) is 10.0 Å². The molecule has 1 aliphatic rings. The predicted molar refractivity (Wildman–Crippen MR) is 122 cm³/mol. The van der Waals surface area contributed by atoms with Gasteiger partial charge in [0.25, 0.3) is 5.91 Å². The van der Waals surface area contributed by atoms with E-state index in [0.717, 1.165) is 6.26 Å². The van der Waals surface area contributed by atoms with Gasteiger partial charge in [-0.1, -0.05) is 30.3 Å². The van der Waals surface area contributed by atoms with Crippen LogP contribution >= 0.6 is 0 Å². The molecule has 0 spiro atoms. The van der Waals surface area contributed by atoms with Crippen LogP contribution in [0, 0.1) is 5.82 Å². The minimum absolute atomic E-state index is 0.110. The minimum atomic E-state index is -3.46. The number of amides is 1. The number of rotatable bonds is 7. The number of nitrogens with one attached hydrogen (secondary N) is 1. The molecule has 0 fully saturated rings. The zero-order valence-corrected chi connectivity index (χ0v) is 18.5. The lowest BCUT2D eigenvalue weighted by Crippen LogP contribution is -2.41. The number of benzene rings is 3. The summed E-state index contributed by atoms with van der Waals surface area (Å²) in [5.74, 6) is -1.52. The summed E-state index contributed by atoms with van der Waals surface area (Å²) in [5, 5.41) is 11.4. The summed E-state index contributed by atoms with van der Waals surface area (Å²) in [7, 11) is -3.46.